The van der Waals surface area contributed by atoms with Gasteiger partial charge in [0.15, 0.2) is 0 Å². The first kappa shape index (κ1) is 14.6. The highest BCUT2D eigenvalue weighted by Gasteiger charge is 2.20. The number of ether oxygens (including phenoxy) is 2. The highest BCUT2D eigenvalue weighted by atomic mass is 79.9. The third kappa shape index (κ3) is 4.08. The second kappa shape index (κ2) is 7.10. The van der Waals surface area contributed by atoms with Gasteiger partial charge in [-0.05, 0) is 49.1 Å². The molecule has 21 heavy (non-hydrogen) atoms. The summed E-state index contributed by atoms with van der Waals surface area (Å²) >= 11 is 3.77. The fraction of sp³-hybridized carbons (Fsp3) is 0.333. The van der Waals surface area contributed by atoms with Gasteiger partial charge in [-0.3, -0.25) is 0 Å². The third-order valence-electron chi connectivity index (χ3n) is 3.71. The molecule has 2 aromatic rings. The number of para-hydroxylation sites is 1. The van der Waals surface area contributed by atoms with Crippen LogP contribution < -0.4 is 4.74 Å². The van der Waals surface area contributed by atoms with Gasteiger partial charge in [-0.2, -0.15) is 0 Å². The topological polar surface area (TPSA) is 18.5 Å². The summed E-state index contributed by atoms with van der Waals surface area (Å²) in [6, 6.07) is 18.1. The van der Waals surface area contributed by atoms with Gasteiger partial charge in [0.1, 0.15) is 11.5 Å². The van der Waals surface area contributed by atoms with Crippen LogP contribution in [0.1, 0.15) is 29.7 Å². The predicted octanol–water partition coefficient (Wildman–Crippen LogP) is 5.48. The highest BCUT2D eigenvalue weighted by molar-refractivity contribution is 9.09. The van der Waals surface area contributed by atoms with E-state index in [1.165, 1.54) is 18.4 Å². The molecule has 2 nitrogen and oxygen atoms in total. The maximum absolute atomic E-state index is 5.81. The third-order valence-corrected chi connectivity index (χ3v) is 4.62. The van der Waals surface area contributed by atoms with Gasteiger partial charge in [-0.25, -0.2) is 0 Å². The SMILES string of the molecule is BrC(CC1CCCO1)c1ccc(Oc2ccccc2)cc1. The maximum Gasteiger partial charge on any atom is 0.127 e. The van der Waals surface area contributed by atoms with Gasteiger partial charge in [0, 0.05) is 11.4 Å². The average Bonchev–Trinajstić information content (AvgIpc) is 3.02. The highest BCUT2D eigenvalue weighted by Crippen LogP contribution is 2.33. The molecule has 3 heteroatoms. The van der Waals surface area contributed by atoms with Crippen molar-refractivity contribution >= 4 is 15.9 Å². The van der Waals surface area contributed by atoms with Crippen LogP contribution in [0.4, 0.5) is 0 Å². The lowest BCUT2D eigenvalue weighted by molar-refractivity contribution is 0.104. The Balaban J connectivity index is 1.60. The number of alkyl halides is 1. The van der Waals surface area contributed by atoms with Gasteiger partial charge in [0.2, 0.25) is 0 Å². The Hall–Kier alpha value is -1.32. The van der Waals surface area contributed by atoms with Crippen LogP contribution in [-0.2, 0) is 4.74 Å². The van der Waals surface area contributed by atoms with E-state index in [-0.39, 0.29) is 0 Å². The summed E-state index contributed by atoms with van der Waals surface area (Å²) in [5.41, 5.74) is 1.27. The van der Waals surface area contributed by atoms with Crippen molar-refractivity contribution in [3.05, 3.63) is 60.2 Å². The van der Waals surface area contributed by atoms with Crippen molar-refractivity contribution in [2.24, 2.45) is 0 Å². The number of hydrogen-bond donors (Lipinski definition) is 0. The van der Waals surface area contributed by atoms with E-state index in [0.29, 0.717) is 10.9 Å². The molecule has 2 aromatic carbocycles. The van der Waals surface area contributed by atoms with Gasteiger partial charge in [-0.1, -0.05) is 46.3 Å². The van der Waals surface area contributed by atoms with E-state index >= 15 is 0 Å². The van der Waals surface area contributed by atoms with Gasteiger partial charge in [-0.15, -0.1) is 0 Å². The molecule has 1 heterocycles. The number of hydrogen-bond acceptors (Lipinski definition) is 2. The quantitative estimate of drug-likeness (QED) is 0.667. The second-order valence-electron chi connectivity index (χ2n) is 5.32. The molecule has 0 N–H and O–H groups in total. The van der Waals surface area contributed by atoms with Crippen LogP contribution >= 0.6 is 15.9 Å². The van der Waals surface area contributed by atoms with Crippen LogP contribution in [0.2, 0.25) is 0 Å². The summed E-state index contributed by atoms with van der Waals surface area (Å²) in [4.78, 5) is 0.339. The number of benzene rings is 2. The van der Waals surface area contributed by atoms with Gasteiger partial charge in [0.25, 0.3) is 0 Å². The first-order valence-corrected chi connectivity index (χ1v) is 8.31. The Labute approximate surface area is 134 Å². The van der Waals surface area contributed by atoms with E-state index in [9.17, 15) is 0 Å². The van der Waals surface area contributed by atoms with E-state index in [4.69, 9.17) is 9.47 Å². The zero-order valence-corrected chi connectivity index (χ0v) is 13.5. The van der Waals surface area contributed by atoms with E-state index < -0.39 is 0 Å². The maximum atomic E-state index is 5.81. The zero-order chi connectivity index (χ0) is 14.5. The van der Waals surface area contributed by atoms with Crippen LogP contribution in [0.25, 0.3) is 0 Å². The summed E-state index contributed by atoms with van der Waals surface area (Å²) in [6.07, 6.45) is 3.79. The second-order valence-corrected chi connectivity index (χ2v) is 6.43. The molecule has 0 spiro atoms. The molecule has 0 saturated carbocycles. The molecule has 110 valence electrons. The van der Waals surface area contributed by atoms with Crippen LogP contribution in [0.15, 0.2) is 54.6 Å². The fourth-order valence-electron chi connectivity index (χ4n) is 2.57. The summed E-state index contributed by atoms with van der Waals surface area (Å²) in [7, 11) is 0. The molecule has 1 saturated heterocycles. The predicted molar refractivity (Wildman–Crippen MR) is 88.2 cm³/mol. The number of rotatable bonds is 5. The Morgan fingerprint density at radius 1 is 1.05 bits per heavy atom. The molecule has 0 bridgehead atoms. The van der Waals surface area contributed by atoms with E-state index in [1.54, 1.807) is 0 Å². The molecule has 2 atom stereocenters. The van der Waals surface area contributed by atoms with Gasteiger partial charge in [0.05, 0.1) is 6.10 Å². The Morgan fingerprint density at radius 3 is 2.43 bits per heavy atom. The minimum Gasteiger partial charge on any atom is -0.457 e. The van der Waals surface area contributed by atoms with Crippen molar-refractivity contribution in [3.8, 4) is 11.5 Å². The van der Waals surface area contributed by atoms with Crippen LogP contribution in [0.5, 0.6) is 11.5 Å². The first-order valence-electron chi connectivity index (χ1n) is 7.40. The van der Waals surface area contributed by atoms with E-state index in [2.05, 4.69) is 28.1 Å². The molecule has 3 rings (SSSR count). The van der Waals surface area contributed by atoms with E-state index in [0.717, 1.165) is 24.5 Å². The molecule has 0 aromatic heterocycles. The standard InChI is InChI=1S/C18H19BrO2/c19-18(13-17-7-4-12-20-17)14-8-10-16(11-9-14)21-15-5-2-1-3-6-15/h1-3,5-6,8-11,17-18H,4,7,12-13H2. The monoisotopic (exact) mass is 346 g/mol. The Kier molecular flexibility index (Phi) is 4.94. The Bertz CT molecular complexity index is 547. The minimum absolute atomic E-state index is 0.339. The van der Waals surface area contributed by atoms with Crippen molar-refractivity contribution in [1.82, 2.24) is 0 Å². The summed E-state index contributed by atoms with van der Waals surface area (Å²) in [5.74, 6) is 1.72. The van der Waals surface area contributed by atoms with Crippen LogP contribution in [-0.4, -0.2) is 12.7 Å². The summed E-state index contributed by atoms with van der Waals surface area (Å²) < 4.78 is 11.5. The molecule has 1 fully saturated rings. The molecule has 1 aliphatic heterocycles. The van der Waals surface area contributed by atoms with Crippen LogP contribution in [0, 0.1) is 0 Å². The number of halogens is 1. The zero-order valence-electron chi connectivity index (χ0n) is 11.9. The first-order chi connectivity index (χ1) is 10.3. The minimum atomic E-state index is 0.339. The van der Waals surface area contributed by atoms with Crippen molar-refractivity contribution in [1.29, 1.82) is 0 Å². The van der Waals surface area contributed by atoms with E-state index in [1.807, 2.05) is 42.5 Å². The molecule has 1 aliphatic rings. The lowest BCUT2D eigenvalue weighted by Gasteiger charge is -2.15. The molecular weight excluding hydrogens is 328 g/mol. The largest absolute Gasteiger partial charge is 0.457 e. The van der Waals surface area contributed by atoms with Crippen LogP contribution in [0.3, 0.4) is 0 Å². The van der Waals surface area contributed by atoms with Gasteiger partial charge < -0.3 is 9.47 Å². The lowest BCUT2D eigenvalue weighted by Crippen LogP contribution is -2.07. The fourth-order valence-corrected chi connectivity index (χ4v) is 3.29. The van der Waals surface area contributed by atoms with Crippen molar-refractivity contribution in [3.63, 3.8) is 0 Å². The smallest absolute Gasteiger partial charge is 0.127 e. The normalized spacial score (nSPS) is 19.4. The molecule has 0 aliphatic carbocycles. The molecule has 0 amide bonds. The Morgan fingerprint density at radius 2 is 1.76 bits per heavy atom. The van der Waals surface area contributed by atoms with Gasteiger partial charge >= 0.3 is 0 Å². The lowest BCUT2D eigenvalue weighted by atomic mass is 10.0. The molecular formula is C18H19BrO2. The summed E-state index contributed by atoms with van der Waals surface area (Å²) in [5, 5.41) is 0. The molecule has 2 unspecified atom stereocenters. The van der Waals surface area contributed by atoms with Crippen molar-refractivity contribution in [2.45, 2.75) is 30.2 Å². The van der Waals surface area contributed by atoms with Crippen molar-refractivity contribution in [2.75, 3.05) is 6.61 Å². The van der Waals surface area contributed by atoms with Crippen molar-refractivity contribution < 1.29 is 9.47 Å². The summed E-state index contributed by atoms with van der Waals surface area (Å²) in [6.45, 7) is 0.911. The average molecular weight is 347 g/mol. The molecule has 0 radical (unpaired) electrons.